The standard InChI is InChI=1S/C20H27N5O7S2/c1-26-19-20(25-34-24-19)32-14-12-30-10-8-28-6-5-27-7-9-29-11-13-31-18-17(22-33-23-18)16-3-2-4-21-15-16/h2-4,15H,5-14H2,1H3. The van der Waals surface area contributed by atoms with E-state index in [2.05, 4.69) is 22.5 Å². The van der Waals surface area contributed by atoms with Crippen molar-refractivity contribution in [3.05, 3.63) is 24.5 Å². The van der Waals surface area contributed by atoms with Crippen molar-refractivity contribution in [1.29, 1.82) is 0 Å². The Balaban J connectivity index is 1.08. The normalized spacial score (nSPS) is 11.0. The maximum Gasteiger partial charge on any atom is 0.291 e. The van der Waals surface area contributed by atoms with Gasteiger partial charge in [-0.2, -0.15) is 4.37 Å². The first-order chi connectivity index (χ1) is 16.9. The molecule has 3 heterocycles. The number of rotatable bonds is 19. The van der Waals surface area contributed by atoms with E-state index in [0.29, 0.717) is 89.4 Å². The number of nitrogens with zero attached hydrogens (tertiary/aromatic N) is 5. The summed E-state index contributed by atoms with van der Waals surface area (Å²) < 4.78 is 54.3. The van der Waals surface area contributed by atoms with E-state index in [1.54, 1.807) is 12.4 Å². The van der Waals surface area contributed by atoms with Crippen molar-refractivity contribution < 1.29 is 33.2 Å². The largest absolute Gasteiger partial charge is 0.477 e. The summed E-state index contributed by atoms with van der Waals surface area (Å²) in [6.45, 7) is 4.45. The number of hydrogen-bond donors (Lipinski definition) is 0. The summed E-state index contributed by atoms with van der Waals surface area (Å²) in [5, 5.41) is 0. The minimum atomic E-state index is 0.363. The molecule has 14 heteroatoms. The fourth-order valence-corrected chi connectivity index (χ4v) is 3.49. The van der Waals surface area contributed by atoms with E-state index in [1.165, 1.54) is 7.11 Å². The summed E-state index contributed by atoms with van der Waals surface area (Å²) in [5.41, 5.74) is 1.56. The molecule has 0 spiro atoms. The van der Waals surface area contributed by atoms with Crippen LogP contribution in [0, 0.1) is 0 Å². The van der Waals surface area contributed by atoms with E-state index < -0.39 is 0 Å². The van der Waals surface area contributed by atoms with Gasteiger partial charge in [-0.15, -0.1) is 13.1 Å². The van der Waals surface area contributed by atoms with Crippen molar-refractivity contribution in [2.24, 2.45) is 0 Å². The molecule has 0 radical (unpaired) electrons. The van der Waals surface area contributed by atoms with Gasteiger partial charge in [-0.25, -0.2) is 0 Å². The summed E-state index contributed by atoms with van der Waals surface area (Å²) in [6.07, 6.45) is 3.44. The molecule has 0 aliphatic heterocycles. The zero-order valence-corrected chi connectivity index (χ0v) is 20.4. The van der Waals surface area contributed by atoms with Crippen LogP contribution in [0.5, 0.6) is 17.6 Å². The van der Waals surface area contributed by atoms with Gasteiger partial charge in [0.05, 0.1) is 83.4 Å². The lowest BCUT2D eigenvalue weighted by atomic mass is 10.2. The molecular formula is C20H27N5O7S2. The maximum atomic E-state index is 5.66. The molecule has 0 aliphatic carbocycles. The van der Waals surface area contributed by atoms with Crippen molar-refractivity contribution in [3.8, 4) is 28.9 Å². The Hall–Kier alpha value is -2.49. The van der Waals surface area contributed by atoms with Gasteiger partial charge in [0.2, 0.25) is 0 Å². The van der Waals surface area contributed by atoms with Crippen molar-refractivity contribution in [2.75, 3.05) is 73.2 Å². The molecular weight excluding hydrogens is 486 g/mol. The van der Waals surface area contributed by atoms with Gasteiger partial charge in [-0.3, -0.25) is 4.98 Å². The quantitative estimate of drug-likeness (QED) is 0.217. The molecule has 0 bridgehead atoms. The van der Waals surface area contributed by atoms with Crippen molar-refractivity contribution in [3.63, 3.8) is 0 Å². The number of hydrogen-bond acceptors (Lipinski definition) is 14. The average Bonchev–Trinajstić information content (AvgIpc) is 3.53. The highest BCUT2D eigenvalue weighted by Crippen LogP contribution is 2.26. The van der Waals surface area contributed by atoms with E-state index in [4.69, 9.17) is 33.2 Å². The van der Waals surface area contributed by atoms with Gasteiger partial charge in [-0.1, -0.05) is 0 Å². The van der Waals surface area contributed by atoms with Crippen LogP contribution in [0.4, 0.5) is 0 Å². The molecule has 0 N–H and O–H groups in total. The highest BCUT2D eigenvalue weighted by Gasteiger charge is 2.12. The Morgan fingerprint density at radius 3 is 1.76 bits per heavy atom. The third-order valence-electron chi connectivity index (χ3n) is 4.07. The molecule has 0 aromatic carbocycles. The van der Waals surface area contributed by atoms with Crippen LogP contribution in [0.15, 0.2) is 24.5 Å². The Kier molecular flexibility index (Phi) is 12.4. The monoisotopic (exact) mass is 513 g/mol. The van der Waals surface area contributed by atoms with Crippen LogP contribution in [0.3, 0.4) is 0 Å². The highest BCUT2D eigenvalue weighted by molar-refractivity contribution is 6.99. The van der Waals surface area contributed by atoms with Crippen LogP contribution in [0.1, 0.15) is 0 Å². The zero-order valence-electron chi connectivity index (χ0n) is 18.8. The van der Waals surface area contributed by atoms with Gasteiger partial charge in [0.15, 0.2) is 0 Å². The van der Waals surface area contributed by atoms with E-state index >= 15 is 0 Å². The molecule has 0 fully saturated rings. The lowest BCUT2D eigenvalue weighted by molar-refractivity contribution is -0.00721. The van der Waals surface area contributed by atoms with Crippen molar-refractivity contribution in [2.45, 2.75) is 0 Å². The van der Waals surface area contributed by atoms with E-state index in [1.807, 2.05) is 12.1 Å². The molecule has 0 atom stereocenters. The first-order valence-electron chi connectivity index (χ1n) is 10.5. The molecule has 186 valence electrons. The molecule has 0 amide bonds. The highest BCUT2D eigenvalue weighted by atomic mass is 32.1. The van der Waals surface area contributed by atoms with Crippen molar-refractivity contribution >= 4 is 23.5 Å². The average molecular weight is 514 g/mol. The number of ether oxygens (including phenoxy) is 7. The van der Waals surface area contributed by atoms with Crippen LogP contribution in [-0.2, 0) is 18.9 Å². The minimum Gasteiger partial charge on any atom is -0.477 e. The minimum absolute atomic E-state index is 0.363. The van der Waals surface area contributed by atoms with Gasteiger partial charge in [0, 0.05) is 18.0 Å². The first kappa shape index (κ1) is 26.1. The Morgan fingerprint density at radius 2 is 1.18 bits per heavy atom. The van der Waals surface area contributed by atoms with Crippen molar-refractivity contribution in [1.82, 2.24) is 22.5 Å². The molecule has 0 unspecified atom stereocenters. The van der Waals surface area contributed by atoms with Gasteiger partial charge in [-0.05, 0) is 12.1 Å². The van der Waals surface area contributed by atoms with E-state index in [-0.39, 0.29) is 0 Å². The van der Waals surface area contributed by atoms with Gasteiger partial charge >= 0.3 is 0 Å². The molecule has 3 rings (SSSR count). The van der Waals surface area contributed by atoms with E-state index in [9.17, 15) is 0 Å². The lowest BCUT2D eigenvalue weighted by Gasteiger charge is -2.08. The Bertz CT molecular complexity index is 916. The SMILES string of the molecule is COc1nsnc1OCCOCCOCCOCCOCCOc1nsnc1-c1cccnc1. The second-order valence-electron chi connectivity index (χ2n) is 6.38. The molecule has 12 nitrogen and oxygen atoms in total. The third-order valence-corrected chi connectivity index (χ3v) is 5.07. The molecule has 0 saturated carbocycles. The first-order valence-corrected chi connectivity index (χ1v) is 12.0. The fraction of sp³-hybridized carbons (Fsp3) is 0.550. The predicted molar refractivity (Wildman–Crippen MR) is 124 cm³/mol. The fourth-order valence-electron chi connectivity index (χ4n) is 2.50. The van der Waals surface area contributed by atoms with Crippen LogP contribution in [-0.4, -0.2) is 95.7 Å². The molecule has 0 aliphatic rings. The summed E-state index contributed by atoms with van der Waals surface area (Å²) in [7, 11) is 1.52. The number of methoxy groups -OCH3 is 1. The molecule has 0 saturated heterocycles. The van der Waals surface area contributed by atoms with E-state index in [0.717, 1.165) is 29.0 Å². The third kappa shape index (κ3) is 9.40. The lowest BCUT2D eigenvalue weighted by Crippen LogP contribution is -2.15. The molecule has 3 aromatic heterocycles. The van der Waals surface area contributed by atoms with Crippen LogP contribution < -0.4 is 14.2 Å². The maximum absolute atomic E-state index is 5.66. The summed E-state index contributed by atoms with van der Waals surface area (Å²) >= 11 is 2.14. The second-order valence-corrected chi connectivity index (χ2v) is 7.44. The number of pyridine rings is 1. The predicted octanol–water partition coefficient (Wildman–Crippen LogP) is 1.98. The second kappa shape index (κ2) is 16.2. The summed E-state index contributed by atoms with van der Waals surface area (Å²) in [5.74, 6) is 1.26. The van der Waals surface area contributed by atoms with Crippen LogP contribution >= 0.6 is 23.5 Å². The van der Waals surface area contributed by atoms with Gasteiger partial charge < -0.3 is 33.2 Å². The van der Waals surface area contributed by atoms with Crippen LogP contribution in [0.25, 0.3) is 11.3 Å². The number of aromatic nitrogens is 5. The Morgan fingerprint density at radius 1 is 0.647 bits per heavy atom. The van der Waals surface area contributed by atoms with Gasteiger partial charge in [0.1, 0.15) is 18.9 Å². The molecule has 34 heavy (non-hydrogen) atoms. The summed E-state index contributed by atoms with van der Waals surface area (Å²) in [4.78, 5) is 4.09. The topological polar surface area (TPSA) is 129 Å². The smallest absolute Gasteiger partial charge is 0.291 e. The zero-order chi connectivity index (χ0) is 23.7. The summed E-state index contributed by atoms with van der Waals surface area (Å²) in [6, 6.07) is 3.76. The Labute approximate surface area is 205 Å². The molecule has 3 aromatic rings. The van der Waals surface area contributed by atoms with Crippen LogP contribution in [0.2, 0.25) is 0 Å². The van der Waals surface area contributed by atoms with Gasteiger partial charge in [0.25, 0.3) is 17.6 Å².